The van der Waals surface area contributed by atoms with Gasteiger partial charge < -0.3 is 5.73 Å². The smallest absolute Gasteiger partial charge is 0.189 e. The Bertz CT molecular complexity index is 254. The van der Waals surface area contributed by atoms with Crippen LogP contribution in [0.1, 0.15) is 5.69 Å². The summed E-state index contributed by atoms with van der Waals surface area (Å²) in [5.41, 5.74) is 6.57. The number of hydrogen-bond acceptors (Lipinski definition) is 4. The van der Waals surface area contributed by atoms with Gasteiger partial charge in [0.1, 0.15) is 5.82 Å². The Kier molecular flexibility index (Phi) is 2.94. The molecule has 1 aromatic rings. The van der Waals surface area contributed by atoms with Gasteiger partial charge in [-0.1, -0.05) is 11.8 Å². The quantitative estimate of drug-likeness (QED) is 0.483. The molecule has 1 heterocycles. The van der Waals surface area contributed by atoms with Crippen molar-refractivity contribution < 1.29 is 0 Å². The van der Waals surface area contributed by atoms with E-state index in [0.717, 1.165) is 14.4 Å². The molecule has 0 saturated carbocycles. The molecule has 0 aromatic carbocycles. The zero-order chi connectivity index (χ0) is 8.43. The number of rotatable bonds is 1. The van der Waals surface area contributed by atoms with E-state index in [4.69, 9.17) is 5.73 Å². The summed E-state index contributed by atoms with van der Waals surface area (Å²) in [6, 6.07) is 0. The molecule has 0 bridgehead atoms. The average Bonchev–Trinajstić information content (AvgIpc) is 1.99. The molecule has 60 valence electrons. The molecule has 0 amide bonds. The molecule has 1 aromatic heterocycles. The molecule has 0 aliphatic rings. The first-order chi connectivity index (χ1) is 5.15. The summed E-state index contributed by atoms with van der Waals surface area (Å²) in [6.07, 6.45) is 1.93. The van der Waals surface area contributed by atoms with Crippen molar-refractivity contribution in [1.82, 2.24) is 9.97 Å². The van der Waals surface area contributed by atoms with E-state index < -0.39 is 0 Å². The van der Waals surface area contributed by atoms with E-state index in [0.29, 0.717) is 5.82 Å². The van der Waals surface area contributed by atoms with Crippen LogP contribution in [0.2, 0.25) is 0 Å². The molecule has 0 spiro atoms. The van der Waals surface area contributed by atoms with Crippen LogP contribution >= 0.6 is 34.4 Å². The van der Waals surface area contributed by atoms with Crippen LogP contribution in [-0.2, 0) is 0 Å². The average molecular weight is 281 g/mol. The number of nitrogens with two attached hydrogens (primary N) is 1. The largest absolute Gasteiger partial charge is 0.383 e. The number of nitrogen functional groups attached to an aromatic ring is 1. The Morgan fingerprint density at radius 1 is 1.45 bits per heavy atom. The molecule has 0 fully saturated rings. The highest BCUT2D eigenvalue weighted by Gasteiger charge is 2.04. The highest BCUT2D eigenvalue weighted by atomic mass is 127. The van der Waals surface area contributed by atoms with Gasteiger partial charge in [-0.15, -0.1) is 0 Å². The van der Waals surface area contributed by atoms with Gasteiger partial charge in [0.05, 0.1) is 9.26 Å². The first kappa shape index (κ1) is 9.05. The lowest BCUT2D eigenvalue weighted by Crippen LogP contribution is -2.00. The van der Waals surface area contributed by atoms with Gasteiger partial charge in [-0.05, 0) is 35.8 Å². The second-order valence-electron chi connectivity index (χ2n) is 1.99. The van der Waals surface area contributed by atoms with E-state index in [2.05, 4.69) is 32.6 Å². The van der Waals surface area contributed by atoms with Gasteiger partial charge in [0, 0.05) is 0 Å². The summed E-state index contributed by atoms with van der Waals surface area (Å²) in [6.45, 7) is 1.93. The van der Waals surface area contributed by atoms with Crippen LogP contribution in [0.4, 0.5) is 5.82 Å². The first-order valence-electron chi connectivity index (χ1n) is 2.98. The fraction of sp³-hybridized carbons (Fsp3) is 0.333. The minimum atomic E-state index is 0.572. The van der Waals surface area contributed by atoms with E-state index in [-0.39, 0.29) is 0 Å². The molecular formula is C6H8IN3S. The molecule has 3 nitrogen and oxygen atoms in total. The van der Waals surface area contributed by atoms with Gasteiger partial charge >= 0.3 is 0 Å². The summed E-state index contributed by atoms with van der Waals surface area (Å²) >= 11 is 3.64. The summed E-state index contributed by atoms with van der Waals surface area (Å²) < 4.78 is 0.945. The Balaban J connectivity index is 3.21. The molecule has 11 heavy (non-hydrogen) atoms. The van der Waals surface area contributed by atoms with Crippen LogP contribution in [-0.4, -0.2) is 16.2 Å². The molecule has 5 heteroatoms. The van der Waals surface area contributed by atoms with Crippen molar-refractivity contribution in [1.29, 1.82) is 0 Å². The molecule has 0 unspecified atom stereocenters. The van der Waals surface area contributed by atoms with Gasteiger partial charge in [-0.3, -0.25) is 0 Å². The second-order valence-corrected chi connectivity index (χ2v) is 3.85. The standard InChI is InChI=1S/C6H8IN3S/c1-3-4(7)5(8)10-6(9-3)11-2/h1-2H3,(H2,8,9,10). The Hall–Kier alpha value is -0.0400. The topological polar surface area (TPSA) is 51.8 Å². The molecule has 0 atom stereocenters. The van der Waals surface area contributed by atoms with E-state index in [1.807, 2.05) is 13.2 Å². The molecule has 1 rings (SSSR count). The van der Waals surface area contributed by atoms with Crippen LogP contribution in [0.15, 0.2) is 5.16 Å². The third-order valence-corrected chi connectivity index (χ3v) is 3.09. The van der Waals surface area contributed by atoms with E-state index in [1.165, 1.54) is 11.8 Å². The summed E-state index contributed by atoms with van der Waals surface area (Å²) in [7, 11) is 0. The lowest BCUT2D eigenvalue weighted by Gasteiger charge is -2.02. The maximum atomic E-state index is 5.63. The fourth-order valence-corrected chi connectivity index (χ4v) is 1.31. The van der Waals surface area contributed by atoms with Crippen molar-refractivity contribution in [2.45, 2.75) is 12.1 Å². The van der Waals surface area contributed by atoms with Crippen molar-refractivity contribution in [2.24, 2.45) is 0 Å². The fourth-order valence-electron chi connectivity index (χ4n) is 0.646. The van der Waals surface area contributed by atoms with Gasteiger partial charge in [-0.2, -0.15) is 0 Å². The van der Waals surface area contributed by atoms with Crippen molar-refractivity contribution in [3.63, 3.8) is 0 Å². The number of thioether (sulfide) groups is 1. The van der Waals surface area contributed by atoms with E-state index >= 15 is 0 Å². The summed E-state index contributed by atoms with van der Waals surface area (Å²) in [4.78, 5) is 8.29. The Morgan fingerprint density at radius 3 is 2.55 bits per heavy atom. The number of aryl methyl sites for hydroxylation is 1. The van der Waals surface area contributed by atoms with Crippen molar-refractivity contribution in [3.05, 3.63) is 9.26 Å². The van der Waals surface area contributed by atoms with Crippen LogP contribution < -0.4 is 5.73 Å². The zero-order valence-corrected chi connectivity index (χ0v) is 9.23. The van der Waals surface area contributed by atoms with Gasteiger partial charge in [0.25, 0.3) is 0 Å². The van der Waals surface area contributed by atoms with Crippen LogP contribution in [0.25, 0.3) is 0 Å². The number of halogens is 1. The van der Waals surface area contributed by atoms with Gasteiger partial charge in [0.15, 0.2) is 5.16 Å². The number of aromatic nitrogens is 2. The van der Waals surface area contributed by atoms with Crippen molar-refractivity contribution >= 4 is 40.2 Å². The predicted octanol–water partition coefficient (Wildman–Crippen LogP) is 1.69. The molecular weight excluding hydrogens is 273 g/mol. The molecule has 0 radical (unpaired) electrons. The molecule has 2 N–H and O–H groups in total. The zero-order valence-electron chi connectivity index (χ0n) is 6.26. The van der Waals surface area contributed by atoms with Crippen LogP contribution in [0, 0.1) is 10.5 Å². The summed E-state index contributed by atoms with van der Waals surface area (Å²) in [5, 5.41) is 0.736. The molecule has 0 aliphatic heterocycles. The monoisotopic (exact) mass is 281 g/mol. The van der Waals surface area contributed by atoms with E-state index in [1.54, 1.807) is 0 Å². The van der Waals surface area contributed by atoms with Crippen LogP contribution in [0.3, 0.4) is 0 Å². The maximum absolute atomic E-state index is 5.63. The predicted molar refractivity (Wildman–Crippen MR) is 55.7 cm³/mol. The van der Waals surface area contributed by atoms with Gasteiger partial charge in [-0.25, -0.2) is 9.97 Å². The number of nitrogens with zero attached hydrogens (tertiary/aromatic N) is 2. The highest BCUT2D eigenvalue weighted by molar-refractivity contribution is 14.1. The van der Waals surface area contributed by atoms with Crippen LogP contribution in [0.5, 0.6) is 0 Å². The second kappa shape index (κ2) is 3.57. The molecule has 0 saturated heterocycles. The minimum absolute atomic E-state index is 0.572. The SMILES string of the molecule is CSc1nc(C)c(I)c(N)n1. The third-order valence-electron chi connectivity index (χ3n) is 1.20. The molecule has 0 aliphatic carbocycles. The Labute approximate surface area is 83.3 Å². The minimum Gasteiger partial charge on any atom is -0.383 e. The van der Waals surface area contributed by atoms with E-state index in [9.17, 15) is 0 Å². The maximum Gasteiger partial charge on any atom is 0.189 e. The highest BCUT2D eigenvalue weighted by Crippen LogP contribution is 2.18. The lowest BCUT2D eigenvalue weighted by molar-refractivity contribution is 0.932. The number of anilines is 1. The number of hydrogen-bond donors (Lipinski definition) is 1. The Morgan fingerprint density at radius 2 is 2.09 bits per heavy atom. The van der Waals surface area contributed by atoms with Gasteiger partial charge in [0.2, 0.25) is 0 Å². The normalized spacial score (nSPS) is 10.1. The first-order valence-corrected chi connectivity index (χ1v) is 5.29. The van der Waals surface area contributed by atoms with Crippen molar-refractivity contribution in [3.8, 4) is 0 Å². The third kappa shape index (κ3) is 1.96. The van der Waals surface area contributed by atoms with Crippen molar-refractivity contribution in [2.75, 3.05) is 12.0 Å². The summed E-state index contributed by atoms with van der Waals surface area (Å²) in [5.74, 6) is 0.572. The lowest BCUT2D eigenvalue weighted by atomic mass is 10.4.